The fourth-order valence-electron chi connectivity index (χ4n) is 2.25. The zero-order valence-electron chi connectivity index (χ0n) is 14.0. The molecule has 7 nitrogen and oxygen atoms in total. The van der Waals surface area contributed by atoms with Crippen LogP contribution in [0, 0.1) is 0 Å². The number of nitrogens with one attached hydrogen (secondary N) is 2. The first-order chi connectivity index (χ1) is 12.4. The number of rotatable bonds is 6. The minimum absolute atomic E-state index is 0.0975. The van der Waals surface area contributed by atoms with Crippen molar-refractivity contribution in [3.05, 3.63) is 59.1 Å². The number of benzene rings is 2. The lowest BCUT2D eigenvalue weighted by atomic mass is 10.1. The van der Waals surface area contributed by atoms with Gasteiger partial charge in [-0.1, -0.05) is 42.8 Å². The summed E-state index contributed by atoms with van der Waals surface area (Å²) in [7, 11) is 0. The minimum atomic E-state index is -1.07. The van der Waals surface area contributed by atoms with Crippen LogP contribution in [-0.2, 0) is 9.53 Å². The van der Waals surface area contributed by atoms with Gasteiger partial charge in [-0.25, -0.2) is 4.79 Å². The van der Waals surface area contributed by atoms with Crippen molar-refractivity contribution in [2.45, 2.75) is 19.4 Å². The van der Waals surface area contributed by atoms with E-state index in [0.717, 1.165) is 0 Å². The summed E-state index contributed by atoms with van der Waals surface area (Å²) in [5.41, 5.74) is 5.84. The number of anilines is 2. The van der Waals surface area contributed by atoms with Crippen LogP contribution < -0.4 is 16.4 Å². The SMILES string of the molecule is CCC(OC(N)=O)C(=O)Nc1cccc(Cl)c1C(=O)Nc1ccccc1. The van der Waals surface area contributed by atoms with Crippen LogP contribution in [0.15, 0.2) is 48.5 Å². The minimum Gasteiger partial charge on any atom is -0.436 e. The van der Waals surface area contributed by atoms with Crippen LogP contribution in [0.3, 0.4) is 0 Å². The highest BCUT2D eigenvalue weighted by atomic mass is 35.5. The summed E-state index contributed by atoms with van der Waals surface area (Å²) < 4.78 is 4.75. The molecule has 0 aliphatic heterocycles. The first-order valence-corrected chi connectivity index (χ1v) is 8.22. The van der Waals surface area contributed by atoms with Crippen LogP contribution >= 0.6 is 11.6 Å². The van der Waals surface area contributed by atoms with Crippen LogP contribution in [0.1, 0.15) is 23.7 Å². The molecule has 0 aromatic heterocycles. The maximum absolute atomic E-state index is 12.6. The molecular weight excluding hydrogens is 358 g/mol. The Hall–Kier alpha value is -3.06. The molecule has 0 fully saturated rings. The average molecular weight is 376 g/mol. The molecule has 0 saturated carbocycles. The van der Waals surface area contributed by atoms with Crippen molar-refractivity contribution < 1.29 is 19.1 Å². The van der Waals surface area contributed by atoms with E-state index >= 15 is 0 Å². The Morgan fingerprint density at radius 1 is 1.08 bits per heavy atom. The second kappa shape index (κ2) is 8.87. The quantitative estimate of drug-likeness (QED) is 0.718. The van der Waals surface area contributed by atoms with Gasteiger partial charge in [-0.05, 0) is 30.7 Å². The number of hydrogen-bond acceptors (Lipinski definition) is 4. The zero-order chi connectivity index (χ0) is 19.1. The van der Waals surface area contributed by atoms with Gasteiger partial charge in [0.2, 0.25) is 0 Å². The molecule has 4 N–H and O–H groups in total. The van der Waals surface area contributed by atoms with Gasteiger partial charge in [0.15, 0.2) is 6.10 Å². The highest BCUT2D eigenvalue weighted by Crippen LogP contribution is 2.26. The third kappa shape index (κ3) is 4.97. The molecule has 0 aliphatic carbocycles. The number of amides is 3. The van der Waals surface area contributed by atoms with Crippen LogP contribution in [0.2, 0.25) is 5.02 Å². The van der Waals surface area contributed by atoms with Crippen LogP contribution in [-0.4, -0.2) is 24.0 Å². The fraction of sp³-hybridized carbons (Fsp3) is 0.167. The highest BCUT2D eigenvalue weighted by molar-refractivity contribution is 6.35. The molecule has 0 radical (unpaired) electrons. The summed E-state index contributed by atoms with van der Waals surface area (Å²) >= 11 is 6.15. The number of primary amides is 1. The van der Waals surface area contributed by atoms with Gasteiger partial charge < -0.3 is 21.1 Å². The summed E-state index contributed by atoms with van der Waals surface area (Å²) in [6.07, 6.45) is -1.90. The Bertz CT molecular complexity index is 811. The molecule has 0 bridgehead atoms. The van der Waals surface area contributed by atoms with Gasteiger partial charge in [0.1, 0.15) is 0 Å². The van der Waals surface area contributed by atoms with Gasteiger partial charge in [0.05, 0.1) is 16.3 Å². The maximum atomic E-state index is 12.6. The van der Waals surface area contributed by atoms with E-state index in [2.05, 4.69) is 10.6 Å². The Balaban J connectivity index is 2.24. The molecule has 2 rings (SSSR count). The first-order valence-electron chi connectivity index (χ1n) is 7.84. The summed E-state index contributed by atoms with van der Waals surface area (Å²) in [6.45, 7) is 1.66. The van der Waals surface area contributed by atoms with E-state index in [4.69, 9.17) is 22.1 Å². The molecule has 0 aliphatic rings. The van der Waals surface area contributed by atoms with Crippen molar-refractivity contribution in [2.75, 3.05) is 10.6 Å². The van der Waals surface area contributed by atoms with Gasteiger partial charge in [-0.15, -0.1) is 0 Å². The monoisotopic (exact) mass is 375 g/mol. The van der Waals surface area contributed by atoms with Gasteiger partial charge in [-0.3, -0.25) is 9.59 Å². The summed E-state index contributed by atoms with van der Waals surface area (Å²) in [4.78, 5) is 35.8. The molecule has 3 amide bonds. The Labute approximate surface area is 155 Å². The molecule has 2 aromatic rings. The molecular formula is C18H18ClN3O4. The summed E-state index contributed by atoms with van der Waals surface area (Å²) in [5.74, 6) is -1.09. The Morgan fingerprint density at radius 3 is 2.38 bits per heavy atom. The Kier molecular flexibility index (Phi) is 6.57. The first kappa shape index (κ1) is 19.3. The molecule has 1 atom stereocenters. The molecule has 8 heteroatoms. The van der Waals surface area contributed by atoms with E-state index in [1.54, 1.807) is 37.3 Å². The topological polar surface area (TPSA) is 111 Å². The third-order valence-corrected chi connectivity index (χ3v) is 3.77. The van der Waals surface area contributed by atoms with E-state index in [1.165, 1.54) is 12.1 Å². The molecule has 0 saturated heterocycles. The van der Waals surface area contributed by atoms with Crippen molar-refractivity contribution >= 4 is 40.9 Å². The lowest BCUT2D eigenvalue weighted by molar-refractivity contribution is -0.124. The van der Waals surface area contributed by atoms with E-state index in [1.807, 2.05) is 6.07 Å². The highest BCUT2D eigenvalue weighted by Gasteiger charge is 2.23. The second-order valence-electron chi connectivity index (χ2n) is 5.31. The lowest BCUT2D eigenvalue weighted by Crippen LogP contribution is -2.34. The largest absolute Gasteiger partial charge is 0.436 e. The Morgan fingerprint density at radius 2 is 1.77 bits per heavy atom. The third-order valence-electron chi connectivity index (χ3n) is 3.45. The van der Waals surface area contributed by atoms with Crippen LogP contribution in [0.4, 0.5) is 16.2 Å². The number of halogens is 1. The number of carbonyl (C=O) groups is 3. The van der Waals surface area contributed by atoms with E-state index in [0.29, 0.717) is 5.69 Å². The van der Waals surface area contributed by atoms with Crippen LogP contribution in [0.5, 0.6) is 0 Å². The normalized spacial score (nSPS) is 11.3. The molecule has 2 aromatic carbocycles. The predicted octanol–water partition coefficient (Wildman–Crippen LogP) is 3.40. The van der Waals surface area contributed by atoms with Crippen molar-refractivity contribution in [3.63, 3.8) is 0 Å². The second-order valence-corrected chi connectivity index (χ2v) is 5.71. The summed E-state index contributed by atoms with van der Waals surface area (Å²) in [6, 6.07) is 13.5. The van der Waals surface area contributed by atoms with Crippen molar-refractivity contribution in [1.82, 2.24) is 0 Å². The van der Waals surface area contributed by atoms with Gasteiger partial charge in [0.25, 0.3) is 11.8 Å². The number of hydrogen-bond donors (Lipinski definition) is 3. The van der Waals surface area contributed by atoms with Gasteiger partial charge >= 0.3 is 6.09 Å². The molecule has 0 heterocycles. The van der Waals surface area contributed by atoms with Crippen molar-refractivity contribution in [3.8, 4) is 0 Å². The standard InChI is InChI=1S/C18H18ClN3O4/c1-2-14(26-18(20)25)16(23)22-13-10-6-9-12(19)15(13)17(24)21-11-7-4-3-5-8-11/h3-10,14H,2H2,1H3,(H2,20,25)(H,21,24)(H,22,23). The van der Waals surface area contributed by atoms with Crippen molar-refractivity contribution in [1.29, 1.82) is 0 Å². The molecule has 26 heavy (non-hydrogen) atoms. The molecule has 136 valence electrons. The van der Waals surface area contributed by atoms with E-state index < -0.39 is 24.0 Å². The van der Waals surface area contributed by atoms with E-state index in [9.17, 15) is 14.4 Å². The molecule has 0 spiro atoms. The number of ether oxygens (including phenoxy) is 1. The smallest absolute Gasteiger partial charge is 0.405 e. The van der Waals surface area contributed by atoms with Gasteiger partial charge in [-0.2, -0.15) is 0 Å². The maximum Gasteiger partial charge on any atom is 0.405 e. The number of para-hydroxylation sites is 1. The van der Waals surface area contributed by atoms with Gasteiger partial charge in [0, 0.05) is 5.69 Å². The average Bonchev–Trinajstić information content (AvgIpc) is 2.60. The number of nitrogens with two attached hydrogens (primary N) is 1. The lowest BCUT2D eigenvalue weighted by Gasteiger charge is -2.17. The van der Waals surface area contributed by atoms with Crippen LogP contribution in [0.25, 0.3) is 0 Å². The van der Waals surface area contributed by atoms with Crippen molar-refractivity contribution in [2.24, 2.45) is 5.73 Å². The fourth-order valence-corrected chi connectivity index (χ4v) is 2.51. The summed E-state index contributed by atoms with van der Waals surface area (Å²) in [5, 5.41) is 5.43. The number of carbonyl (C=O) groups excluding carboxylic acids is 3. The molecule has 1 unspecified atom stereocenters. The predicted molar refractivity (Wildman–Crippen MR) is 99.2 cm³/mol. The zero-order valence-corrected chi connectivity index (χ0v) is 14.7. The van der Waals surface area contributed by atoms with E-state index in [-0.39, 0.29) is 22.7 Å².